The van der Waals surface area contributed by atoms with E-state index in [1.54, 1.807) is 24.3 Å². The first-order valence-electron chi connectivity index (χ1n) is 7.64. The molecule has 1 atom stereocenters. The van der Waals surface area contributed by atoms with Gasteiger partial charge in [0.15, 0.2) is 0 Å². The molecular formula is C18H21NO4S. The molecule has 0 aromatic heterocycles. The number of nitrogens with zero attached hydrogens (tertiary/aromatic N) is 1. The van der Waals surface area contributed by atoms with Crippen LogP contribution in [0.1, 0.15) is 18.1 Å². The highest BCUT2D eigenvalue weighted by atomic mass is 32.2. The summed E-state index contributed by atoms with van der Waals surface area (Å²) in [6.45, 7) is 3.44. The van der Waals surface area contributed by atoms with Crippen molar-refractivity contribution in [2.24, 2.45) is 5.92 Å². The maximum atomic E-state index is 12.9. The SMILES string of the molecule is Cc1ccc(S(=O)(=O)N(Cc2ccccc2)CC(C)C(=O)O)cc1. The maximum Gasteiger partial charge on any atom is 0.307 e. The largest absolute Gasteiger partial charge is 0.481 e. The number of carboxylic acid groups (broad SMARTS) is 1. The van der Waals surface area contributed by atoms with Gasteiger partial charge in [-0.3, -0.25) is 4.79 Å². The third-order valence-corrected chi connectivity index (χ3v) is 5.59. The van der Waals surface area contributed by atoms with Crippen molar-refractivity contribution in [3.8, 4) is 0 Å². The molecule has 128 valence electrons. The number of aliphatic carboxylic acids is 1. The molecule has 0 spiro atoms. The minimum Gasteiger partial charge on any atom is -0.481 e. The molecular weight excluding hydrogens is 326 g/mol. The second-order valence-electron chi connectivity index (χ2n) is 5.84. The van der Waals surface area contributed by atoms with E-state index in [0.717, 1.165) is 11.1 Å². The summed E-state index contributed by atoms with van der Waals surface area (Å²) in [5.41, 5.74) is 1.77. The lowest BCUT2D eigenvalue weighted by Crippen LogP contribution is -2.36. The summed E-state index contributed by atoms with van der Waals surface area (Å²) in [6.07, 6.45) is 0. The Bertz CT molecular complexity index is 786. The predicted molar refractivity (Wildman–Crippen MR) is 92.0 cm³/mol. The van der Waals surface area contributed by atoms with Gasteiger partial charge in [0, 0.05) is 13.1 Å². The minimum absolute atomic E-state index is 0.0829. The number of carboxylic acids is 1. The molecule has 0 bridgehead atoms. The second kappa shape index (κ2) is 7.59. The van der Waals surface area contributed by atoms with Crippen molar-refractivity contribution in [3.63, 3.8) is 0 Å². The van der Waals surface area contributed by atoms with Crippen molar-refractivity contribution in [1.82, 2.24) is 4.31 Å². The molecule has 2 aromatic carbocycles. The molecule has 2 aromatic rings. The van der Waals surface area contributed by atoms with Gasteiger partial charge in [-0.2, -0.15) is 4.31 Å². The van der Waals surface area contributed by atoms with Gasteiger partial charge in [-0.1, -0.05) is 55.0 Å². The quantitative estimate of drug-likeness (QED) is 0.836. The molecule has 6 heteroatoms. The van der Waals surface area contributed by atoms with Gasteiger partial charge in [-0.15, -0.1) is 0 Å². The van der Waals surface area contributed by atoms with Crippen molar-refractivity contribution in [1.29, 1.82) is 0 Å². The minimum atomic E-state index is -3.77. The van der Waals surface area contributed by atoms with Crippen molar-refractivity contribution < 1.29 is 18.3 Å². The Labute approximate surface area is 142 Å². The van der Waals surface area contributed by atoms with Crippen LogP contribution in [-0.2, 0) is 21.4 Å². The first-order valence-corrected chi connectivity index (χ1v) is 9.08. The van der Waals surface area contributed by atoms with Crippen LogP contribution in [0.25, 0.3) is 0 Å². The van der Waals surface area contributed by atoms with Crippen molar-refractivity contribution in [3.05, 3.63) is 65.7 Å². The van der Waals surface area contributed by atoms with Crippen LogP contribution in [0.15, 0.2) is 59.5 Å². The van der Waals surface area contributed by atoms with E-state index < -0.39 is 21.9 Å². The first-order chi connectivity index (χ1) is 11.3. The van der Waals surface area contributed by atoms with Gasteiger partial charge in [0.05, 0.1) is 10.8 Å². The molecule has 1 unspecified atom stereocenters. The van der Waals surface area contributed by atoms with E-state index in [4.69, 9.17) is 5.11 Å². The van der Waals surface area contributed by atoms with Crippen LogP contribution in [-0.4, -0.2) is 30.3 Å². The molecule has 0 heterocycles. The fraction of sp³-hybridized carbons (Fsp3) is 0.278. The summed E-state index contributed by atoms with van der Waals surface area (Å²) in [6, 6.07) is 15.7. The van der Waals surface area contributed by atoms with Gasteiger partial charge < -0.3 is 5.11 Å². The Morgan fingerprint density at radius 2 is 1.67 bits per heavy atom. The standard InChI is InChI=1S/C18H21NO4S/c1-14-8-10-17(11-9-14)24(22,23)19(12-15(2)18(20)21)13-16-6-4-3-5-7-16/h3-11,15H,12-13H2,1-2H3,(H,20,21). The lowest BCUT2D eigenvalue weighted by Gasteiger charge is -2.24. The maximum absolute atomic E-state index is 12.9. The molecule has 24 heavy (non-hydrogen) atoms. The van der Waals surface area contributed by atoms with E-state index in [9.17, 15) is 13.2 Å². The number of hydrogen-bond acceptors (Lipinski definition) is 3. The number of sulfonamides is 1. The highest BCUT2D eigenvalue weighted by Crippen LogP contribution is 2.20. The summed E-state index contributed by atoms with van der Waals surface area (Å²) in [5, 5.41) is 9.15. The zero-order valence-corrected chi connectivity index (χ0v) is 14.5. The Kier molecular flexibility index (Phi) is 5.75. The fourth-order valence-electron chi connectivity index (χ4n) is 2.28. The summed E-state index contributed by atoms with van der Waals surface area (Å²) in [4.78, 5) is 11.3. The van der Waals surface area contributed by atoms with Crippen LogP contribution in [0.2, 0.25) is 0 Å². The van der Waals surface area contributed by atoms with Crippen LogP contribution in [0.4, 0.5) is 0 Å². The Morgan fingerprint density at radius 3 is 2.21 bits per heavy atom. The van der Waals surface area contributed by atoms with Gasteiger partial charge >= 0.3 is 5.97 Å². The van der Waals surface area contributed by atoms with Crippen LogP contribution < -0.4 is 0 Å². The number of aryl methyl sites for hydroxylation is 1. The molecule has 5 nitrogen and oxygen atoms in total. The molecule has 2 rings (SSSR count). The predicted octanol–water partition coefficient (Wildman–Crippen LogP) is 2.91. The highest BCUT2D eigenvalue weighted by Gasteiger charge is 2.28. The van der Waals surface area contributed by atoms with Gasteiger partial charge in [-0.05, 0) is 24.6 Å². The number of carbonyl (C=O) groups is 1. The van der Waals surface area contributed by atoms with Crippen molar-refractivity contribution in [2.75, 3.05) is 6.54 Å². The summed E-state index contributed by atoms with van der Waals surface area (Å²) < 4.78 is 27.1. The average molecular weight is 347 g/mol. The lowest BCUT2D eigenvalue weighted by atomic mass is 10.1. The van der Waals surface area contributed by atoms with E-state index in [2.05, 4.69) is 0 Å². The zero-order valence-electron chi connectivity index (χ0n) is 13.7. The van der Waals surface area contributed by atoms with Crippen molar-refractivity contribution >= 4 is 16.0 Å². The third kappa shape index (κ3) is 4.43. The molecule has 0 saturated carbocycles. The van der Waals surface area contributed by atoms with E-state index in [-0.39, 0.29) is 18.0 Å². The molecule has 0 saturated heterocycles. The van der Waals surface area contributed by atoms with Crippen LogP contribution in [0.5, 0.6) is 0 Å². The van der Waals surface area contributed by atoms with E-state index >= 15 is 0 Å². The topological polar surface area (TPSA) is 74.7 Å². The van der Waals surface area contributed by atoms with Crippen LogP contribution in [0.3, 0.4) is 0 Å². The summed E-state index contributed by atoms with van der Waals surface area (Å²) in [7, 11) is -3.77. The average Bonchev–Trinajstić information content (AvgIpc) is 2.55. The Hall–Kier alpha value is -2.18. The first kappa shape index (κ1) is 18.2. The Balaban J connectivity index is 2.36. The van der Waals surface area contributed by atoms with E-state index in [1.807, 2.05) is 37.3 Å². The van der Waals surface area contributed by atoms with Gasteiger partial charge in [0.2, 0.25) is 10.0 Å². The molecule has 0 aliphatic carbocycles. The van der Waals surface area contributed by atoms with Crippen LogP contribution >= 0.6 is 0 Å². The molecule has 0 aliphatic heterocycles. The summed E-state index contributed by atoms with van der Waals surface area (Å²) in [5.74, 6) is -1.82. The van der Waals surface area contributed by atoms with Gasteiger partial charge in [0.25, 0.3) is 0 Å². The highest BCUT2D eigenvalue weighted by molar-refractivity contribution is 7.89. The lowest BCUT2D eigenvalue weighted by molar-refractivity contribution is -0.141. The molecule has 0 radical (unpaired) electrons. The van der Waals surface area contributed by atoms with Crippen LogP contribution in [0, 0.1) is 12.8 Å². The molecule has 0 amide bonds. The number of rotatable bonds is 7. The second-order valence-corrected chi connectivity index (χ2v) is 7.77. The molecule has 0 aliphatic rings. The summed E-state index contributed by atoms with van der Waals surface area (Å²) >= 11 is 0. The molecule has 1 N–H and O–H groups in total. The third-order valence-electron chi connectivity index (χ3n) is 3.76. The fourth-order valence-corrected chi connectivity index (χ4v) is 3.79. The number of hydrogen-bond donors (Lipinski definition) is 1. The smallest absolute Gasteiger partial charge is 0.307 e. The number of benzene rings is 2. The Morgan fingerprint density at radius 1 is 1.08 bits per heavy atom. The van der Waals surface area contributed by atoms with Gasteiger partial charge in [-0.25, -0.2) is 8.42 Å². The monoisotopic (exact) mass is 347 g/mol. The normalized spacial score (nSPS) is 13.0. The molecule has 0 fully saturated rings. The van der Waals surface area contributed by atoms with Crippen molar-refractivity contribution in [2.45, 2.75) is 25.3 Å². The van der Waals surface area contributed by atoms with E-state index in [0.29, 0.717) is 0 Å². The van der Waals surface area contributed by atoms with E-state index in [1.165, 1.54) is 11.2 Å². The van der Waals surface area contributed by atoms with Gasteiger partial charge in [0.1, 0.15) is 0 Å². The zero-order chi connectivity index (χ0) is 17.7.